The number of hydrogen-bond acceptors (Lipinski definition) is 2. The van der Waals surface area contributed by atoms with E-state index in [0.717, 1.165) is 31.4 Å². The largest absolute Gasteiger partial charge is 0.398 e. The quantitative estimate of drug-likeness (QED) is 0.835. The minimum atomic E-state index is -1.04. The number of nitrogens with zero attached hydrogens (tertiary/aromatic N) is 1. The van der Waals surface area contributed by atoms with E-state index in [4.69, 9.17) is 5.73 Å². The second-order valence-electron chi connectivity index (χ2n) is 5.05. The Kier molecular flexibility index (Phi) is 4.02. The highest BCUT2D eigenvalue weighted by atomic mass is 19.2. The molecule has 3 nitrogen and oxygen atoms in total. The maximum atomic E-state index is 13.2. The van der Waals surface area contributed by atoms with Gasteiger partial charge in [0.05, 0.1) is 5.56 Å². The maximum absolute atomic E-state index is 13.2. The average Bonchev–Trinajstić information content (AvgIpc) is 3.16. The Balaban J connectivity index is 2.22. The summed E-state index contributed by atoms with van der Waals surface area (Å²) in [6.07, 6.45) is 3.07. The van der Waals surface area contributed by atoms with Crippen LogP contribution in [0.2, 0.25) is 0 Å². The third kappa shape index (κ3) is 3.22. The summed E-state index contributed by atoms with van der Waals surface area (Å²) in [6.45, 7) is 3.25. The molecule has 0 saturated heterocycles. The number of carbonyl (C=O) groups is 1. The zero-order chi connectivity index (χ0) is 14.0. The van der Waals surface area contributed by atoms with Gasteiger partial charge in [-0.15, -0.1) is 0 Å². The number of rotatable bonds is 5. The number of nitrogen functional groups attached to an aromatic ring is 1. The van der Waals surface area contributed by atoms with E-state index in [-0.39, 0.29) is 17.2 Å². The van der Waals surface area contributed by atoms with E-state index in [9.17, 15) is 13.6 Å². The maximum Gasteiger partial charge on any atom is 0.256 e. The molecule has 1 aliphatic rings. The monoisotopic (exact) mass is 268 g/mol. The van der Waals surface area contributed by atoms with Gasteiger partial charge in [0.1, 0.15) is 0 Å². The molecule has 0 atom stereocenters. The van der Waals surface area contributed by atoms with Crippen LogP contribution in [0.25, 0.3) is 0 Å². The molecule has 1 saturated carbocycles. The zero-order valence-electron chi connectivity index (χ0n) is 11.0. The van der Waals surface area contributed by atoms with E-state index >= 15 is 0 Å². The van der Waals surface area contributed by atoms with Crippen LogP contribution in [0, 0.1) is 17.6 Å². The van der Waals surface area contributed by atoms with Crippen LogP contribution in [-0.2, 0) is 0 Å². The van der Waals surface area contributed by atoms with E-state index in [1.807, 2.05) is 6.92 Å². The number of benzene rings is 1. The Morgan fingerprint density at radius 2 is 2.00 bits per heavy atom. The summed E-state index contributed by atoms with van der Waals surface area (Å²) in [5.74, 6) is -1.84. The van der Waals surface area contributed by atoms with Crippen molar-refractivity contribution >= 4 is 11.6 Å². The number of amides is 1. The van der Waals surface area contributed by atoms with Crippen molar-refractivity contribution in [3.05, 3.63) is 29.3 Å². The van der Waals surface area contributed by atoms with Gasteiger partial charge in [0.25, 0.3) is 5.91 Å². The lowest BCUT2D eigenvalue weighted by molar-refractivity contribution is 0.0748. The standard InChI is InChI=1S/C14H18F2N2O/c1-2-5-18(8-9-3-4-9)14(19)10-6-11(15)12(16)7-13(10)17/h6-7,9H,2-5,8,17H2,1H3. The van der Waals surface area contributed by atoms with Crippen molar-refractivity contribution in [2.24, 2.45) is 5.92 Å². The molecule has 0 bridgehead atoms. The summed E-state index contributed by atoms with van der Waals surface area (Å²) in [6, 6.07) is 1.76. The number of carbonyl (C=O) groups excluding carboxylic acids is 1. The van der Waals surface area contributed by atoms with Gasteiger partial charge in [0, 0.05) is 24.8 Å². The second kappa shape index (κ2) is 5.55. The average molecular weight is 268 g/mol. The molecule has 1 amide bonds. The molecule has 0 aromatic heterocycles. The first kappa shape index (κ1) is 13.8. The van der Waals surface area contributed by atoms with Gasteiger partial charge in [-0.05, 0) is 31.2 Å². The molecule has 1 aliphatic carbocycles. The van der Waals surface area contributed by atoms with Gasteiger partial charge >= 0.3 is 0 Å². The number of anilines is 1. The van der Waals surface area contributed by atoms with Crippen molar-refractivity contribution < 1.29 is 13.6 Å². The van der Waals surface area contributed by atoms with E-state index in [1.54, 1.807) is 4.90 Å². The van der Waals surface area contributed by atoms with Crippen LogP contribution >= 0.6 is 0 Å². The smallest absolute Gasteiger partial charge is 0.256 e. The minimum absolute atomic E-state index is 0.0131. The molecule has 19 heavy (non-hydrogen) atoms. The molecule has 0 radical (unpaired) electrons. The van der Waals surface area contributed by atoms with E-state index < -0.39 is 11.6 Å². The summed E-state index contributed by atoms with van der Waals surface area (Å²) >= 11 is 0. The second-order valence-corrected chi connectivity index (χ2v) is 5.05. The van der Waals surface area contributed by atoms with Gasteiger partial charge in [-0.2, -0.15) is 0 Å². The first-order valence-corrected chi connectivity index (χ1v) is 6.56. The van der Waals surface area contributed by atoms with Gasteiger partial charge in [-0.1, -0.05) is 6.92 Å². The van der Waals surface area contributed by atoms with Gasteiger partial charge in [-0.25, -0.2) is 8.78 Å². The molecule has 104 valence electrons. The first-order chi connectivity index (χ1) is 9.02. The van der Waals surface area contributed by atoms with Gasteiger partial charge < -0.3 is 10.6 Å². The third-order valence-electron chi connectivity index (χ3n) is 3.28. The lowest BCUT2D eigenvalue weighted by atomic mass is 10.1. The summed E-state index contributed by atoms with van der Waals surface area (Å²) in [4.78, 5) is 14.0. The molecule has 0 spiro atoms. The normalized spacial score (nSPS) is 14.5. The Morgan fingerprint density at radius 1 is 1.37 bits per heavy atom. The van der Waals surface area contributed by atoms with Crippen molar-refractivity contribution in [1.82, 2.24) is 4.90 Å². The highest BCUT2D eigenvalue weighted by Crippen LogP contribution is 2.30. The van der Waals surface area contributed by atoms with Crippen molar-refractivity contribution in [2.75, 3.05) is 18.8 Å². The van der Waals surface area contributed by atoms with Crippen LogP contribution in [0.1, 0.15) is 36.5 Å². The number of halogens is 2. The Labute approximate surface area is 111 Å². The Hall–Kier alpha value is -1.65. The van der Waals surface area contributed by atoms with Crippen molar-refractivity contribution in [1.29, 1.82) is 0 Å². The molecule has 2 rings (SSSR count). The first-order valence-electron chi connectivity index (χ1n) is 6.56. The summed E-state index contributed by atoms with van der Waals surface area (Å²) in [7, 11) is 0. The molecule has 2 N–H and O–H groups in total. The van der Waals surface area contributed by atoms with Crippen LogP contribution in [0.4, 0.5) is 14.5 Å². The van der Waals surface area contributed by atoms with Gasteiger partial charge in [-0.3, -0.25) is 4.79 Å². The van der Waals surface area contributed by atoms with E-state index in [2.05, 4.69) is 0 Å². The number of hydrogen-bond donors (Lipinski definition) is 1. The molecule has 0 unspecified atom stereocenters. The number of nitrogens with two attached hydrogens (primary N) is 1. The lowest BCUT2D eigenvalue weighted by Gasteiger charge is -2.22. The summed E-state index contributed by atoms with van der Waals surface area (Å²) < 4.78 is 26.3. The molecular formula is C14H18F2N2O. The fourth-order valence-corrected chi connectivity index (χ4v) is 2.08. The fourth-order valence-electron chi connectivity index (χ4n) is 2.08. The Bertz CT molecular complexity index is 487. The fraction of sp³-hybridized carbons (Fsp3) is 0.500. The zero-order valence-corrected chi connectivity index (χ0v) is 11.0. The molecule has 1 aromatic carbocycles. The van der Waals surface area contributed by atoms with E-state index in [0.29, 0.717) is 19.0 Å². The van der Waals surface area contributed by atoms with Crippen molar-refractivity contribution in [3.63, 3.8) is 0 Å². The topological polar surface area (TPSA) is 46.3 Å². The van der Waals surface area contributed by atoms with Crippen molar-refractivity contribution in [3.8, 4) is 0 Å². The lowest BCUT2D eigenvalue weighted by Crippen LogP contribution is -2.34. The van der Waals surface area contributed by atoms with Crippen LogP contribution in [0.5, 0.6) is 0 Å². The predicted molar refractivity (Wildman–Crippen MR) is 69.7 cm³/mol. The highest BCUT2D eigenvalue weighted by molar-refractivity contribution is 5.99. The SMILES string of the molecule is CCCN(CC1CC1)C(=O)c1cc(F)c(F)cc1N. The molecular weight excluding hydrogens is 250 g/mol. The summed E-state index contributed by atoms with van der Waals surface area (Å²) in [5.41, 5.74) is 5.65. The van der Waals surface area contributed by atoms with Crippen LogP contribution in [0.15, 0.2) is 12.1 Å². The molecule has 1 fully saturated rings. The molecule has 5 heteroatoms. The molecule has 1 aromatic rings. The van der Waals surface area contributed by atoms with Crippen LogP contribution < -0.4 is 5.73 Å². The van der Waals surface area contributed by atoms with Crippen LogP contribution in [-0.4, -0.2) is 23.9 Å². The third-order valence-corrected chi connectivity index (χ3v) is 3.28. The van der Waals surface area contributed by atoms with E-state index in [1.165, 1.54) is 0 Å². The predicted octanol–water partition coefficient (Wildman–Crippen LogP) is 2.81. The minimum Gasteiger partial charge on any atom is -0.398 e. The highest BCUT2D eigenvalue weighted by Gasteiger charge is 2.28. The molecule has 0 aliphatic heterocycles. The molecule has 0 heterocycles. The Morgan fingerprint density at radius 3 is 2.58 bits per heavy atom. The van der Waals surface area contributed by atoms with Gasteiger partial charge in [0.2, 0.25) is 0 Å². The summed E-state index contributed by atoms with van der Waals surface area (Å²) in [5, 5.41) is 0. The van der Waals surface area contributed by atoms with Crippen molar-refractivity contribution in [2.45, 2.75) is 26.2 Å². The van der Waals surface area contributed by atoms with Crippen LogP contribution in [0.3, 0.4) is 0 Å². The van der Waals surface area contributed by atoms with Gasteiger partial charge in [0.15, 0.2) is 11.6 Å².